The SMILES string of the molecule is Cc1ccc(N2C(=O)CN=C2S[C@H](C)C(=O)Nc2sccc2C(N)=O)cc1. The van der Waals surface area contributed by atoms with Crippen molar-refractivity contribution >= 4 is 56.7 Å². The number of nitrogens with two attached hydrogens (primary N) is 1. The van der Waals surface area contributed by atoms with Crippen molar-refractivity contribution < 1.29 is 14.4 Å². The van der Waals surface area contributed by atoms with Gasteiger partial charge in [0.2, 0.25) is 5.91 Å². The molecule has 0 unspecified atom stereocenters. The molecule has 3 N–H and O–H groups in total. The summed E-state index contributed by atoms with van der Waals surface area (Å²) in [6, 6.07) is 9.11. The molecule has 0 aliphatic carbocycles. The van der Waals surface area contributed by atoms with Crippen LogP contribution in [0.15, 0.2) is 40.7 Å². The molecule has 7 nitrogen and oxygen atoms in total. The lowest BCUT2D eigenvalue weighted by Crippen LogP contribution is -2.33. The van der Waals surface area contributed by atoms with Crippen LogP contribution in [0.2, 0.25) is 0 Å². The Morgan fingerprint density at radius 1 is 1.30 bits per heavy atom. The van der Waals surface area contributed by atoms with E-state index < -0.39 is 11.2 Å². The molecule has 1 aromatic carbocycles. The van der Waals surface area contributed by atoms with Crippen LogP contribution in [0.3, 0.4) is 0 Å². The number of anilines is 2. The first-order valence-electron chi connectivity index (χ1n) is 8.15. The molecule has 3 amide bonds. The number of carbonyl (C=O) groups excluding carboxylic acids is 3. The second-order valence-electron chi connectivity index (χ2n) is 5.94. The lowest BCUT2D eigenvalue weighted by molar-refractivity contribution is -0.116. The van der Waals surface area contributed by atoms with Crippen molar-refractivity contribution in [1.82, 2.24) is 0 Å². The third-order valence-corrected chi connectivity index (χ3v) is 5.82. The van der Waals surface area contributed by atoms with E-state index in [-0.39, 0.29) is 23.9 Å². The topological polar surface area (TPSA) is 105 Å². The van der Waals surface area contributed by atoms with E-state index in [0.29, 0.717) is 10.2 Å². The van der Waals surface area contributed by atoms with Crippen LogP contribution in [0.5, 0.6) is 0 Å². The van der Waals surface area contributed by atoms with Gasteiger partial charge < -0.3 is 11.1 Å². The second-order valence-corrected chi connectivity index (χ2v) is 8.16. The monoisotopic (exact) mass is 402 g/mol. The van der Waals surface area contributed by atoms with Crippen LogP contribution < -0.4 is 16.0 Å². The smallest absolute Gasteiger partial charge is 0.254 e. The zero-order chi connectivity index (χ0) is 19.6. The molecule has 1 aliphatic rings. The van der Waals surface area contributed by atoms with E-state index in [0.717, 1.165) is 11.3 Å². The largest absolute Gasteiger partial charge is 0.366 e. The van der Waals surface area contributed by atoms with Gasteiger partial charge in [0.1, 0.15) is 11.5 Å². The number of aryl methyl sites for hydroxylation is 1. The summed E-state index contributed by atoms with van der Waals surface area (Å²) in [5.41, 5.74) is 7.38. The molecule has 0 radical (unpaired) electrons. The van der Waals surface area contributed by atoms with Crippen molar-refractivity contribution in [3.8, 4) is 0 Å². The van der Waals surface area contributed by atoms with Gasteiger partial charge in [0, 0.05) is 0 Å². The lowest BCUT2D eigenvalue weighted by Gasteiger charge is -2.20. The quantitative estimate of drug-likeness (QED) is 0.802. The van der Waals surface area contributed by atoms with Gasteiger partial charge in [0.15, 0.2) is 5.17 Å². The summed E-state index contributed by atoms with van der Waals surface area (Å²) in [5.74, 6) is -1.03. The number of benzene rings is 1. The molecule has 1 atom stereocenters. The van der Waals surface area contributed by atoms with Crippen LogP contribution >= 0.6 is 23.1 Å². The number of aliphatic imine (C=N–C) groups is 1. The average Bonchev–Trinajstić information content (AvgIpc) is 3.23. The number of amidine groups is 1. The summed E-state index contributed by atoms with van der Waals surface area (Å²) in [6.45, 7) is 3.74. The van der Waals surface area contributed by atoms with Gasteiger partial charge in [-0.05, 0) is 37.4 Å². The Morgan fingerprint density at radius 2 is 2.00 bits per heavy atom. The average molecular weight is 403 g/mol. The Morgan fingerprint density at radius 3 is 2.67 bits per heavy atom. The summed E-state index contributed by atoms with van der Waals surface area (Å²) >= 11 is 2.42. The molecule has 0 spiro atoms. The number of carbonyl (C=O) groups is 3. The molecule has 140 valence electrons. The molecule has 2 aromatic rings. The Kier molecular flexibility index (Phi) is 5.62. The minimum Gasteiger partial charge on any atom is -0.366 e. The molecular weight excluding hydrogens is 384 g/mol. The maximum Gasteiger partial charge on any atom is 0.254 e. The molecule has 0 fully saturated rings. The van der Waals surface area contributed by atoms with Gasteiger partial charge in [-0.3, -0.25) is 24.3 Å². The van der Waals surface area contributed by atoms with Crippen LogP contribution in [0.1, 0.15) is 22.8 Å². The first-order valence-corrected chi connectivity index (χ1v) is 9.91. The predicted octanol–water partition coefficient (Wildman–Crippen LogP) is 2.62. The summed E-state index contributed by atoms with van der Waals surface area (Å²) < 4.78 is 0. The number of hydrogen-bond donors (Lipinski definition) is 2. The molecule has 0 saturated heterocycles. The van der Waals surface area contributed by atoms with E-state index in [1.807, 2.05) is 31.2 Å². The summed E-state index contributed by atoms with van der Waals surface area (Å²) in [6.07, 6.45) is 0. The van der Waals surface area contributed by atoms with Crippen LogP contribution in [-0.4, -0.2) is 34.7 Å². The lowest BCUT2D eigenvalue weighted by atomic mass is 10.2. The van der Waals surface area contributed by atoms with Crippen molar-refractivity contribution in [1.29, 1.82) is 0 Å². The van der Waals surface area contributed by atoms with Crippen molar-refractivity contribution in [2.24, 2.45) is 10.7 Å². The summed E-state index contributed by atoms with van der Waals surface area (Å²) in [5, 5.41) is 4.78. The minimum atomic E-state index is -0.594. The van der Waals surface area contributed by atoms with Gasteiger partial charge in [-0.25, -0.2) is 0 Å². The fraction of sp³-hybridized carbons (Fsp3) is 0.222. The molecule has 0 bridgehead atoms. The molecular formula is C18H18N4O3S2. The number of hydrogen-bond acceptors (Lipinski definition) is 6. The third kappa shape index (κ3) is 4.20. The van der Waals surface area contributed by atoms with E-state index in [1.54, 1.807) is 18.4 Å². The third-order valence-electron chi connectivity index (χ3n) is 3.90. The van der Waals surface area contributed by atoms with Crippen molar-refractivity contribution in [2.75, 3.05) is 16.8 Å². The summed E-state index contributed by atoms with van der Waals surface area (Å²) in [4.78, 5) is 41.9. The predicted molar refractivity (Wildman–Crippen MR) is 109 cm³/mol. The molecule has 2 heterocycles. The van der Waals surface area contributed by atoms with Crippen molar-refractivity contribution in [3.05, 3.63) is 46.8 Å². The molecule has 3 rings (SSSR count). The number of primary amides is 1. The van der Waals surface area contributed by atoms with E-state index >= 15 is 0 Å². The summed E-state index contributed by atoms with van der Waals surface area (Å²) in [7, 11) is 0. The highest BCUT2D eigenvalue weighted by Crippen LogP contribution is 2.28. The van der Waals surface area contributed by atoms with E-state index in [4.69, 9.17) is 5.73 Å². The fourth-order valence-corrected chi connectivity index (χ4v) is 4.18. The highest BCUT2D eigenvalue weighted by atomic mass is 32.2. The van der Waals surface area contributed by atoms with Crippen molar-refractivity contribution in [3.63, 3.8) is 0 Å². The van der Waals surface area contributed by atoms with Gasteiger partial charge in [0.05, 0.1) is 16.5 Å². The molecule has 27 heavy (non-hydrogen) atoms. The fourth-order valence-electron chi connectivity index (χ4n) is 2.45. The highest BCUT2D eigenvalue weighted by molar-refractivity contribution is 8.15. The van der Waals surface area contributed by atoms with Gasteiger partial charge in [-0.15, -0.1) is 11.3 Å². The van der Waals surface area contributed by atoms with Gasteiger partial charge in [-0.1, -0.05) is 29.5 Å². The maximum atomic E-state index is 12.5. The normalized spacial score (nSPS) is 14.8. The standard InChI is InChI=1S/C18H18N4O3S2/c1-10-3-5-12(6-4-10)22-14(23)9-20-18(22)27-11(2)16(25)21-17-13(15(19)24)7-8-26-17/h3-8,11H,9H2,1-2H3,(H2,19,24)(H,21,25)/t11-/m1/s1. The number of nitrogens with zero attached hydrogens (tertiary/aromatic N) is 2. The van der Waals surface area contributed by atoms with E-state index in [1.165, 1.54) is 28.0 Å². The van der Waals surface area contributed by atoms with Gasteiger partial charge in [0.25, 0.3) is 11.8 Å². The molecule has 1 aliphatic heterocycles. The van der Waals surface area contributed by atoms with Crippen LogP contribution in [0.4, 0.5) is 10.7 Å². The van der Waals surface area contributed by atoms with E-state index in [9.17, 15) is 14.4 Å². The zero-order valence-electron chi connectivity index (χ0n) is 14.8. The number of thiophene rings is 1. The number of amides is 3. The van der Waals surface area contributed by atoms with E-state index in [2.05, 4.69) is 10.3 Å². The Hall–Kier alpha value is -2.65. The number of nitrogens with one attached hydrogen (secondary N) is 1. The highest BCUT2D eigenvalue weighted by Gasteiger charge is 2.30. The Labute approximate surface area is 164 Å². The minimum absolute atomic E-state index is 0.0568. The first-order chi connectivity index (χ1) is 12.9. The number of rotatable bonds is 5. The van der Waals surface area contributed by atoms with Gasteiger partial charge >= 0.3 is 0 Å². The number of thioether (sulfide) groups is 1. The maximum absolute atomic E-state index is 12.5. The molecule has 1 aromatic heterocycles. The molecule has 9 heteroatoms. The van der Waals surface area contributed by atoms with Crippen LogP contribution in [-0.2, 0) is 9.59 Å². The van der Waals surface area contributed by atoms with Crippen LogP contribution in [0, 0.1) is 6.92 Å². The second kappa shape index (κ2) is 7.93. The van der Waals surface area contributed by atoms with Gasteiger partial charge in [-0.2, -0.15) is 0 Å². The van der Waals surface area contributed by atoms with Crippen molar-refractivity contribution in [2.45, 2.75) is 19.1 Å². The zero-order valence-corrected chi connectivity index (χ0v) is 16.4. The van der Waals surface area contributed by atoms with Crippen LogP contribution in [0.25, 0.3) is 0 Å². The Balaban J connectivity index is 1.70. The molecule has 0 saturated carbocycles. The first kappa shape index (κ1) is 19.1. The Bertz CT molecular complexity index is 921.